The second-order valence-corrected chi connectivity index (χ2v) is 7.69. The summed E-state index contributed by atoms with van der Waals surface area (Å²) in [5, 5.41) is 3.00. The number of nitrogens with zero attached hydrogens (tertiary/aromatic N) is 2. The third-order valence-electron chi connectivity index (χ3n) is 4.61. The molecule has 0 radical (unpaired) electrons. The van der Waals surface area contributed by atoms with Crippen LogP contribution in [0.2, 0.25) is 0 Å². The maximum absolute atomic E-state index is 12.6. The zero-order valence-electron chi connectivity index (χ0n) is 16.8. The van der Waals surface area contributed by atoms with Crippen molar-refractivity contribution in [3.8, 4) is 0 Å². The van der Waals surface area contributed by atoms with Crippen molar-refractivity contribution in [2.75, 3.05) is 32.7 Å². The molecule has 3 rings (SSSR count). The van der Waals surface area contributed by atoms with Crippen LogP contribution in [0.1, 0.15) is 48.1 Å². The van der Waals surface area contributed by atoms with E-state index in [0.29, 0.717) is 28.7 Å². The Balaban J connectivity index is 1.74. The molecular weight excluding hydrogens is 410 g/mol. The molecule has 3 amide bonds. The molecule has 1 N–H and O–H groups in total. The van der Waals surface area contributed by atoms with Gasteiger partial charge in [-0.25, -0.2) is 4.98 Å². The van der Waals surface area contributed by atoms with Crippen LogP contribution < -0.4 is 5.32 Å². The summed E-state index contributed by atoms with van der Waals surface area (Å²) in [6, 6.07) is 4.39. The molecule has 0 atom stereocenters. The van der Waals surface area contributed by atoms with Gasteiger partial charge in [-0.05, 0) is 31.5 Å². The Kier molecular flexibility index (Phi) is 6.58. The van der Waals surface area contributed by atoms with E-state index < -0.39 is 17.8 Å². The Labute approximate surface area is 177 Å². The van der Waals surface area contributed by atoms with Gasteiger partial charge in [-0.3, -0.25) is 29.4 Å². The minimum Gasteiger partial charge on any atom is -0.469 e. The first-order valence-electron chi connectivity index (χ1n) is 9.19. The van der Waals surface area contributed by atoms with Gasteiger partial charge in [0, 0.05) is 30.7 Å². The van der Waals surface area contributed by atoms with Crippen LogP contribution in [0.5, 0.6) is 0 Å². The number of carbonyl (C=O) groups is 4. The van der Waals surface area contributed by atoms with Crippen molar-refractivity contribution in [3.63, 3.8) is 0 Å². The van der Waals surface area contributed by atoms with E-state index in [1.807, 2.05) is 0 Å². The fourth-order valence-electron chi connectivity index (χ4n) is 3.02. The van der Waals surface area contributed by atoms with E-state index in [1.165, 1.54) is 36.6 Å². The van der Waals surface area contributed by atoms with Gasteiger partial charge >= 0.3 is 5.97 Å². The lowest BCUT2D eigenvalue weighted by Crippen LogP contribution is -2.31. The molecule has 0 unspecified atom stereocenters. The quantitative estimate of drug-likeness (QED) is 0.386. The lowest BCUT2D eigenvalue weighted by Gasteiger charge is -2.12. The number of ether oxygens (including phenoxy) is 2. The maximum Gasteiger partial charge on any atom is 0.310 e. The first kappa shape index (κ1) is 21.6. The molecule has 1 aliphatic rings. The number of rotatable bonds is 8. The number of benzene rings is 1. The predicted octanol–water partition coefficient (Wildman–Crippen LogP) is 2.05. The summed E-state index contributed by atoms with van der Waals surface area (Å²) in [4.78, 5) is 55.2. The molecule has 2 heterocycles. The number of anilines is 1. The molecule has 0 fully saturated rings. The van der Waals surface area contributed by atoms with Crippen LogP contribution in [-0.4, -0.2) is 60.9 Å². The minimum absolute atomic E-state index is 0.0736. The van der Waals surface area contributed by atoms with E-state index >= 15 is 0 Å². The minimum atomic E-state index is -0.464. The van der Waals surface area contributed by atoms with Crippen LogP contribution in [0.4, 0.5) is 5.13 Å². The number of methoxy groups -OCH3 is 2. The van der Waals surface area contributed by atoms with Gasteiger partial charge in [0.05, 0.1) is 30.4 Å². The average Bonchev–Trinajstić information content (AvgIpc) is 3.19. The molecule has 9 nitrogen and oxygen atoms in total. The monoisotopic (exact) mass is 431 g/mol. The number of thiazole rings is 1. The number of imide groups is 1. The summed E-state index contributed by atoms with van der Waals surface area (Å²) in [6.45, 7) is 2.43. The number of hydrogen-bond acceptors (Lipinski definition) is 8. The molecule has 0 saturated carbocycles. The molecule has 158 valence electrons. The first-order chi connectivity index (χ1) is 14.3. The molecule has 0 saturated heterocycles. The highest BCUT2D eigenvalue weighted by Gasteiger charge is 2.35. The number of carbonyl (C=O) groups excluding carboxylic acids is 4. The number of aryl methyl sites for hydroxylation is 1. The van der Waals surface area contributed by atoms with E-state index in [1.54, 1.807) is 14.0 Å². The highest BCUT2D eigenvalue weighted by Crippen LogP contribution is 2.26. The van der Waals surface area contributed by atoms with Crippen LogP contribution >= 0.6 is 11.3 Å². The normalized spacial score (nSPS) is 12.8. The Morgan fingerprint density at radius 3 is 2.60 bits per heavy atom. The number of amides is 3. The van der Waals surface area contributed by atoms with E-state index in [2.05, 4.69) is 15.0 Å². The predicted molar refractivity (Wildman–Crippen MR) is 109 cm³/mol. The van der Waals surface area contributed by atoms with Gasteiger partial charge in [-0.15, -0.1) is 11.3 Å². The van der Waals surface area contributed by atoms with Crippen LogP contribution in [0.3, 0.4) is 0 Å². The Hall–Kier alpha value is -3.11. The van der Waals surface area contributed by atoms with E-state index in [0.717, 1.165) is 4.90 Å². The van der Waals surface area contributed by atoms with Gasteiger partial charge in [0.25, 0.3) is 17.7 Å². The standard InChI is InChI=1S/C20H21N3O6S/c1-11-15(10-16(24)29-3)30-20(21-11)22-17(25)12-5-6-13-14(9-12)19(27)23(18(13)26)7-4-8-28-2/h5-6,9H,4,7-8,10H2,1-3H3,(H,21,22,25). The zero-order valence-corrected chi connectivity index (χ0v) is 17.6. The topological polar surface area (TPSA) is 115 Å². The molecule has 30 heavy (non-hydrogen) atoms. The zero-order chi connectivity index (χ0) is 21.8. The first-order valence-corrected chi connectivity index (χ1v) is 10.0. The van der Waals surface area contributed by atoms with Gasteiger partial charge in [-0.2, -0.15) is 0 Å². The van der Waals surface area contributed by atoms with Gasteiger partial charge in [0.1, 0.15) is 0 Å². The largest absolute Gasteiger partial charge is 0.469 e. The highest BCUT2D eigenvalue weighted by atomic mass is 32.1. The number of esters is 1. The van der Waals surface area contributed by atoms with Gasteiger partial charge in [-0.1, -0.05) is 0 Å². The third-order valence-corrected chi connectivity index (χ3v) is 5.68. The van der Waals surface area contributed by atoms with E-state index in [4.69, 9.17) is 4.74 Å². The highest BCUT2D eigenvalue weighted by molar-refractivity contribution is 7.16. The van der Waals surface area contributed by atoms with Crippen molar-refractivity contribution in [1.29, 1.82) is 0 Å². The van der Waals surface area contributed by atoms with Gasteiger partial charge in [0.2, 0.25) is 0 Å². The van der Waals surface area contributed by atoms with Gasteiger partial charge in [0.15, 0.2) is 5.13 Å². The Bertz CT molecular complexity index is 1020. The summed E-state index contributed by atoms with van der Waals surface area (Å²) in [5.74, 6) is -1.65. The number of fused-ring (bicyclic) bond motifs is 1. The molecular formula is C20H21N3O6S. The maximum atomic E-state index is 12.6. The van der Waals surface area contributed by atoms with Crippen LogP contribution in [0.25, 0.3) is 0 Å². The summed E-state index contributed by atoms with van der Waals surface area (Å²) in [6.07, 6.45) is 0.608. The lowest BCUT2D eigenvalue weighted by atomic mass is 10.1. The number of nitrogens with one attached hydrogen (secondary N) is 1. The molecule has 1 aromatic heterocycles. The summed E-state index contributed by atoms with van der Waals surface area (Å²) in [7, 11) is 2.86. The van der Waals surface area contributed by atoms with E-state index in [9.17, 15) is 19.2 Å². The second kappa shape index (κ2) is 9.14. The Morgan fingerprint density at radius 1 is 1.17 bits per heavy atom. The molecule has 1 aliphatic heterocycles. The van der Waals surface area contributed by atoms with Crippen molar-refractivity contribution in [2.24, 2.45) is 0 Å². The van der Waals surface area contributed by atoms with Crippen LogP contribution in [-0.2, 0) is 20.7 Å². The van der Waals surface area contributed by atoms with Crippen molar-refractivity contribution in [3.05, 3.63) is 45.5 Å². The molecule has 2 aromatic rings. The molecule has 1 aromatic carbocycles. The SMILES string of the molecule is COCCCN1C(=O)c2ccc(C(=O)Nc3nc(C)c(CC(=O)OC)s3)cc2C1=O. The van der Waals surface area contributed by atoms with Crippen LogP contribution in [0.15, 0.2) is 18.2 Å². The third kappa shape index (κ3) is 4.39. The summed E-state index contributed by atoms with van der Waals surface area (Å²) in [5.41, 5.74) is 1.34. The number of hydrogen-bond donors (Lipinski definition) is 1. The van der Waals surface area contributed by atoms with Crippen LogP contribution in [0, 0.1) is 6.92 Å². The van der Waals surface area contributed by atoms with Gasteiger partial charge < -0.3 is 9.47 Å². The fraction of sp³-hybridized carbons (Fsp3) is 0.350. The van der Waals surface area contributed by atoms with Crippen molar-refractivity contribution in [2.45, 2.75) is 19.8 Å². The average molecular weight is 431 g/mol. The Morgan fingerprint density at radius 2 is 1.90 bits per heavy atom. The summed E-state index contributed by atoms with van der Waals surface area (Å²) < 4.78 is 9.61. The smallest absolute Gasteiger partial charge is 0.310 e. The van der Waals surface area contributed by atoms with Crippen molar-refractivity contribution in [1.82, 2.24) is 9.88 Å². The molecule has 10 heteroatoms. The summed E-state index contributed by atoms with van der Waals surface area (Å²) >= 11 is 1.18. The van der Waals surface area contributed by atoms with E-state index in [-0.39, 0.29) is 35.6 Å². The molecule has 0 bridgehead atoms. The molecule has 0 spiro atoms. The number of aromatic nitrogens is 1. The second-order valence-electron chi connectivity index (χ2n) is 6.60. The van der Waals surface area contributed by atoms with Crippen molar-refractivity contribution >= 4 is 40.2 Å². The molecule has 0 aliphatic carbocycles. The van der Waals surface area contributed by atoms with Crippen molar-refractivity contribution < 1.29 is 28.7 Å². The fourth-order valence-corrected chi connectivity index (χ4v) is 3.96. The lowest BCUT2D eigenvalue weighted by molar-refractivity contribution is -0.139.